The first-order valence-corrected chi connectivity index (χ1v) is 7.96. The maximum Gasteiger partial charge on any atom is 0.408 e. The summed E-state index contributed by atoms with van der Waals surface area (Å²) in [6.45, 7) is 0.0851. The van der Waals surface area contributed by atoms with Gasteiger partial charge in [0.15, 0.2) is 0 Å². The van der Waals surface area contributed by atoms with Crippen LogP contribution in [-0.4, -0.2) is 28.2 Å². The third kappa shape index (κ3) is 5.12. The molecule has 0 radical (unpaired) electrons. The molecular formula is C14H13BrN2O4S. The molecule has 1 aromatic carbocycles. The summed E-state index contributed by atoms with van der Waals surface area (Å²) >= 11 is 4.58. The fourth-order valence-corrected chi connectivity index (χ4v) is 3.01. The minimum atomic E-state index is -1.14. The van der Waals surface area contributed by atoms with Gasteiger partial charge in [-0.15, -0.1) is 11.3 Å². The zero-order chi connectivity index (χ0) is 15.9. The second-order valence-corrected chi connectivity index (χ2v) is 6.85. The van der Waals surface area contributed by atoms with E-state index < -0.39 is 18.1 Å². The number of carbonyl (C=O) groups excluding carboxylic acids is 1. The Balaban J connectivity index is 1.87. The zero-order valence-corrected chi connectivity index (χ0v) is 13.8. The van der Waals surface area contributed by atoms with E-state index in [1.54, 1.807) is 6.20 Å². The van der Waals surface area contributed by atoms with Gasteiger partial charge in [-0.25, -0.2) is 14.6 Å². The highest BCUT2D eigenvalue weighted by Gasteiger charge is 2.22. The van der Waals surface area contributed by atoms with Crippen LogP contribution in [-0.2, 0) is 22.6 Å². The predicted molar refractivity (Wildman–Crippen MR) is 84.7 cm³/mol. The molecule has 1 aromatic heterocycles. The van der Waals surface area contributed by atoms with Crippen molar-refractivity contribution in [2.45, 2.75) is 19.1 Å². The number of nitrogens with one attached hydrogen (secondary N) is 1. The Morgan fingerprint density at radius 3 is 2.68 bits per heavy atom. The first-order chi connectivity index (χ1) is 10.5. The molecule has 1 amide bonds. The summed E-state index contributed by atoms with van der Waals surface area (Å²) in [6, 6.07) is 8.06. The highest BCUT2D eigenvalue weighted by atomic mass is 79.9. The molecular weight excluding hydrogens is 372 g/mol. The van der Waals surface area contributed by atoms with E-state index in [1.807, 2.05) is 30.3 Å². The number of aromatic nitrogens is 1. The normalized spacial score (nSPS) is 11.7. The van der Waals surface area contributed by atoms with Gasteiger partial charge in [-0.2, -0.15) is 0 Å². The van der Waals surface area contributed by atoms with Gasteiger partial charge in [0, 0.05) is 6.42 Å². The van der Waals surface area contributed by atoms with Crippen molar-refractivity contribution in [1.29, 1.82) is 0 Å². The summed E-state index contributed by atoms with van der Waals surface area (Å²) in [6.07, 6.45) is 0.922. The molecule has 116 valence electrons. The van der Waals surface area contributed by atoms with Crippen molar-refractivity contribution in [2.24, 2.45) is 0 Å². The summed E-state index contributed by atoms with van der Waals surface area (Å²) in [7, 11) is 0. The third-order valence-corrected chi connectivity index (χ3v) is 4.21. The summed E-state index contributed by atoms with van der Waals surface area (Å²) in [5, 5.41) is 12.1. The number of benzene rings is 1. The lowest BCUT2D eigenvalue weighted by atomic mass is 10.2. The number of rotatable bonds is 6. The predicted octanol–water partition coefficient (Wildman–Crippen LogP) is 2.83. The Morgan fingerprint density at radius 2 is 2.09 bits per heavy atom. The van der Waals surface area contributed by atoms with Gasteiger partial charge in [-0.3, -0.25) is 0 Å². The first kappa shape index (κ1) is 16.4. The molecule has 0 aliphatic rings. The largest absolute Gasteiger partial charge is 0.480 e. The van der Waals surface area contributed by atoms with Crippen LogP contribution < -0.4 is 5.32 Å². The van der Waals surface area contributed by atoms with Crippen molar-refractivity contribution in [3.8, 4) is 0 Å². The summed E-state index contributed by atoms with van der Waals surface area (Å²) in [5.41, 5.74) is 0.827. The Bertz CT molecular complexity index is 647. The highest BCUT2D eigenvalue weighted by molar-refractivity contribution is 9.11. The molecule has 2 rings (SSSR count). The summed E-state index contributed by atoms with van der Waals surface area (Å²) < 4.78 is 5.82. The molecule has 0 aliphatic carbocycles. The molecule has 1 heterocycles. The van der Waals surface area contributed by atoms with E-state index in [0.29, 0.717) is 5.01 Å². The summed E-state index contributed by atoms with van der Waals surface area (Å²) in [5.74, 6) is -1.14. The molecule has 8 heteroatoms. The Labute approximate surface area is 139 Å². The van der Waals surface area contributed by atoms with Crippen molar-refractivity contribution in [2.75, 3.05) is 0 Å². The molecule has 0 spiro atoms. The second kappa shape index (κ2) is 7.90. The van der Waals surface area contributed by atoms with Gasteiger partial charge in [-0.1, -0.05) is 30.3 Å². The second-order valence-electron chi connectivity index (χ2n) is 4.36. The Hall–Kier alpha value is -1.93. The lowest BCUT2D eigenvalue weighted by Gasteiger charge is -2.13. The molecule has 0 bridgehead atoms. The Morgan fingerprint density at radius 1 is 1.36 bits per heavy atom. The van der Waals surface area contributed by atoms with Crippen molar-refractivity contribution in [1.82, 2.24) is 10.3 Å². The van der Waals surface area contributed by atoms with Crippen molar-refractivity contribution >= 4 is 39.3 Å². The molecule has 1 atom stereocenters. The van der Waals surface area contributed by atoms with Crippen LogP contribution in [0.3, 0.4) is 0 Å². The van der Waals surface area contributed by atoms with E-state index in [2.05, 4.69) is 26.2 Å². The number of thiazole rings is 1. The Kier molecular flexibility index (Phi) is 5.91. The van der Waals surface area contributed by atoms with Crippen LogP contribution in [0.4, 0.5) is 4.79 Å². The highest BCUT2D eigenvalue weighted by Crippen LogP contribution is 2.20. The van der Waals surface area contributed by atoms with Gasteiger partial charge in [-0.05, 0) is 21.5 Å². The van der Waals surface area contributed by atoms with Crippen LogP contribution in [0, 0.1) is 0 Å². The fraction of sp³-hybridized carbons (Fsp3) is 0.214. The first-order valence-electron chi connectivity index (χ1n) is 6.35. The van der Waals surface area contributed by atoms with E-state index in [-0.39, 0.29) is 13.0 Å². The van der Waals surface area contributed by atoms with E-state index in [4.69, 9.17) is 4.74 Å². The number of carboxylic acid groups (broad SMARTS) is 1. The average molecular weight is 385 g/mol. The monoisotopic (exact) mass is 384 g/mol. The molecule has 0 fully saturated rings. The number of halogens is 1. The SMILES string of the molecule is O=C(NC(Cc1ncc(Br)s1)C(=O)O)OCc1ccccc1. The van der Waals surface area contributed by atoms with E-state index >= 15 is 0 Å². The minimum Gasteiger partial charge on any atom is -0.480 e. The van der Waals surface area contributed by atoms with Crippen LogP contribution in [0.1, 0.15) is 10.6 Å². The van der Waals surface area contributed by atoms with Crippen LogP contribution in [0.5, 0.6) is 0 Å². The van der Waals surface area contributed by atoms with Crippen molar-refractivity contribution < 1.29 is 19.4 Å². The number of alkyl carbamates (subject to hydrolysis) is 1. The van der Waals surface area contributed by atoms with Crippen LogP contribution in [0.25, 0.3) is 0 Å². The fourth-order valence-electron chi connectivity index (χ4n) is 1.66. The molecule has 0 aliphatic heterocycles. The van der Waals surface area contributed by atoms with E-state index in [1.165, 1.54) is 11.3 Å². The van der Waals surface area contributed by atoms with E-state index in [0.717, 1.165) is 9.35 Å². The lowest BCUT2D eigenvalue weighted by Crippen LogP contribution is -2.42. The van der Waals surface area contributed by atoms with Gasteiger partial charge < -0.3 is 15.2 Å². The van der Waals surface area contributed by atoms with Gasteiger partial charge in [0.1, 0.15) is 12.6 Å². The number of ether oxygens (including phenoxy) is 1. The maximum absolute atomic E-state index is 11.7. The summed E-state index contributed by atoms with van der Waals surface area (Å²) in [4.78, 5) is 27.0. The molecule has 2 aromatic rings. The van der Waals surface area contributed by atoms with Crippen LogP contribution in [0.15, 0.2) is 40.3 Å². The van der Waals surface area contributed by atoms with Crippen molar-refractivity contribution in [3.63, 3.8) is 0 Å². The van der Waals surface area contributed by atoms with E-state index in [9.17, 15) is 14.7 Å². The number of hydrogen-bond donors (Lipinski definition) is 2. The van der Waals surface area contributed by atoms with Crippen molar-refractivity contribution in [3.05, 3.63) is 50.9 Å². The molecule has 0 saturated heterocycles. The average Bonchev–Trinajstić information content (AvgIpc) is 2.91. The third-order valence-electron chi connectivity index (χ3n) is 2.71. The lowest BCUT2D eigenvalue weighted by molar-refractivity contribution is -0.139. The molecule has 6 nitrogen and oxygen atoms in total. The quantitative estimate of drug-likeness (QED) is 0.799. The zero-order valence-electron chi connectivity index (χ0n) is 11.4. The van der Waals surface area contributed by atoms with Gasteiger partial charge >= 0.3 is 12.1 Å². The number of carbonyl (C=O) groups is 2. The van der Waals surface area contributed by atoms with Gasteiger partial charge in [0.2, 0.25) is 0 Å². The minimum absolute atomic E-state index is 0.0851. The number of aliphatic carboxylic acids is 1. The van der Waals surface area contributed by atoms with Gasteiger partial charge in [0.05, 0.1) is 15.0 Å². The number of hydrogen-bond acceptors (Lipinski definition) is 5. The smallest absolute Gasteiger partial charge is 0.408 e. The number of carboxylic acids is 1. The maximum atomic E-state index is 11.7. The number of amides is 1. The van der Waals surface area contributed by atoms with Crippen LogP contribution >= 0.6 is 27.3 Å². The molecule has 1 unspecified atom stereocenters. The molecule has 0 saturated carbocycles. The topological polar surface area (TPSA) is 88.5 Å². The van der Waals surface area contributed by atoms with Crippen LogP contribution in [0.2, 0.25) is 0 Å². The number of nitrogens with zero attached hydrogens (tertiary/aromatic N) is 1. The molecule has 22 heavy (non-hydrogen) atoms. The molecule has 2 N–H and O–H groups in total. The standard InChI is InChI=1S/C14H13BrN2O4S/c15-11-7-16-12(22-11)6-10(13(18)19)17-14(20)21-8-9-4-2-1-3-5-9/h1-5,7,10H,6,8H2,(H,17,20)(H,18,19). The van der Waals surface area contributed by atoms with Gasteiger partial charge in [0.25, 0.3) is 0 Å².